The molecule has 124 valence electrons. The van der Waals surface area contributed by atoms with Gasteiger partial charge < -0.3 is 18.8 Å². The lowest BCUT2D eigenvalue weighted by atomic mass is 10.3. The highest BCUT2D eigenvalue weighted by molar-refractivity contribution is 5.75. The van der Waals surface area contributed by atoms with Crippen LogP contribution >= 0.6 is 0 Å². The van der Waals surface area contributed by atoms with Crippen molar-refractivity contribution < 1.29 is 18.7 Å². The second-order valence-corrected chi connectivity index (χ2v) is 5.39. The molecule has 0 aliphatic heterocycles. The van der Waals surface area contributed by atoms with Gasteiger partial charge >= 0.3 is 0 Å². The van der Waals surface area contributed by atoms with E-state index in [2.05, 4.69) is 0 Å². The van der Waals surface area contributed by atoms with Gasteiger partial charge in [0.25, 0.3) is 0 Å². The molecule has 0 spiro atoms. The summed E-state index contributed by atoms with van der Waals surface area (Å²) in [6.07, 6.45) is 1.12. The van der Waals surface area contributed by atoms with Crippen molar-refractivity contribution in [2.45, 2.75) is 26.3 Å². The van der Waals surface area contributed by atoms with Crippen molar-refractivity contribution in [1.82, 2.24) is 4.90 Å². The van der Waals surface area contributed by atoms with Crippen LogP contribution in [0, 0.1) is 6.92 Å². The first-order chi connectivity index (χ1) is 11.1. The first kappa shape index (κ1) is 16.9. The minimum atomic E-state index is 0.0809. The van der Waals surface area contributed by atoms with Crippen LogP contribution in [0.3, 0.4) is 0 Å². The molecule has 2 aromatic rings. The Morgan fingerprint density at radius 1 is 1.13 bits per heavy atom. The van der Waals surface area contributed by atoms with Crippen molar-refractivity contribution in [3.8, 4) is 11.5 Å². The molecule has 0 atom stereocenters. The van der Waals surface area contributed by atoms with Crippen LogP contribution in [0.1, 0.15) is 24.4 Å². The fourth-order valence-corrected chi connectivity index (χ4v) is 2.17. The summed E-state index contributed by atoms with van der Waals surface area (Å²) >= 11 is 0. The molecule has 0 aliphatic rings. The standard InChI is InChI=1S/C18H23NO4/c1-14-6-7-17(23-14)13-19(2)18(20)5-4-12-22-16-10-8-15(21-3)9-11-16/h6-11H,4-5,12-13H2,1-3H3. The lowest BCUT2D eigenvalue weighted by molar-refractivity contribution is -0.130. The molecular formula is C18H23NO4. The van der Waals surface area contributed by atoms with Gasteiger partial charge in [0.05, 0.1) is 20.3 Å². The average molecular weight is 317 g/mol. The third-order valence-corrected chi connectivity index (χ3v) is 3.48. The maximum Gasteiger partial charge on any atom is 0.222 e. The summed E-state index contributed by atoms with van der Waals surface area (Å²) in [5, 5.41) is 0. The van der Waals surface area contributed by atoms with Crippen LogP contribution in [0.15, 0.2) is 40.8 Å². The third-order valence-electron chi connectivity index (χ3n) is 3.48. The number of carbonyl (C=O) groups excluding carboxylic acids is 1. The number of rotatable bonds is 8. The van der Waals surface area contributed by atoms with Crippen molar-refractivity contribution in [3.63, 3.8) is 0 Å². The number of hydrogen-bond acceptors (Lipinski definition) is 4. The van der Waals surface area contributed by atoms with Gasteiger partial charge in [-0.05, 0) is 49.7 Å². The Hall–Kier alpha value is -2.43. The highest BCUT2D eigenvalue weighted by Crippen LogP contribution is 2.17. The van der Waals surface area contributed by atoms with E-state index in [0.29, 0.717) is 26.0 Å². The van der Waals surface area contributed by atoms with Crippen LogP contribution < -0.4 is 9.47 Å². The first-order valence-corrected chi connectivity index (χ1v) is 7.64. The molecule has 0 N–H and O–H groups in total. The van der Waals surface area contributed by atoms with Crippen molar-refractivity contribution in [3.05, 3.63) is 47.9 Å². The molecule has 5 nitrogen and oxygen atoms in total. The van der Waals surface area contributed by atoms with Gasteiger partial charge in [-0.15, -0.1) is 0 Å². The zero-order valence-electron chi connectivity index (χ0n) is 13.9. The van der Waals surface area contributed by atoms with E-state index in [1.807, 2.05) is 43.3 Å². The number of aryl methyl sites for hydroxylation is 1. The molecule has 0 saturated carbocycles. The largest absolute Gasteiger partial charge is 0.497 e. The lowest BCUT2D eigenvalue weighted by Gasteiger charge is -2.15. The minimum absolute atomic E-state index is 0.0809. The first-order valence-electron chi connectivity index (χ1n) is 7.64. The number of carbonyl (C=O) groups is 1. The smallest absolute Gasteiger partial charge is 0.222 e. The lowest BCUT2D eigenvalue weighted by Crippen LogP contribution is -2.26. The SMILES string of the molecule is COc1ccc(OCCCC(=O)N(C)Cc2ccc(C)o2)cc1. The number of ether oxygens (including phenoxy) is 2. The summed E-state index contributed by atoms with van der Waals surface area (Å²) in [5.41, 5.74) is 0. The Morgan fingerprint density at radius 3 is 2.43 bits per heavy atom. The van der Waals surface area contributed by atoms with E-state index >= 15 is 0 Å². The Kier molecular flexibility index (Phi) is 6.09. The normalized spacial score (nSPS) is 10.4. The van der Waals surface area contributed by atoms with Crippen molar-refractivity contribution in [1.29, 1.82) is 0 Å². The number of amides is 1. The Balaban J connectivity index is 1.67. The van der Waals surface area contributed by atoms with Crippen LogP contribution in [-0.2, 0) is 11.3 Å². The fraction of sp³-hybridized carbons (Fsp3) is 0.389. The molecule has 1 aromatic heterocycles. The molecule has 0 unspecified atom stereocenters. The Morgan fingerprint density at radius 2 is 1.83 bits per heavy atom. The topological polar surface area (TPSA) is 51.9 Å². The Labute approximate surface area is 136 Å². The van der Waals surface area contributed by atoms with Crippen LogP contribution in [0.4, 0.5) is 0 Å². The van der Waals surface area contributed by atoms with Gasteiger partial charge in [0.15, 0.2) is 0 Å². The number of nitrogens with zero attached hydrogens (tertiary/aromatic N) is 1. The van der Waals surface area contributed by atoms with E-state index in [0.717, 1.165) is 23.0 Å². The zero-order chi connectivity index (χ0) is 16.7. The van der Waals surface area contributed by atoms with Gasteiger partial charge in [-0.2, -0.15) is 0 Å². The number of furan rings is 1. The molecule has 0 saturated heterocycles. The van der Waals surface area contributed by atoms with E-state index in [-0.39, 0.29) is 5.91 Å². The van der Waals surface area contributed by atoms with E-state index in [9.17, 15) is 4.79 Å². The van der Waals surface area contributed by atoms with Crippen molar-refractivity contribution in [2.75, 3.05) is 20.8 Å². The molecule has 1 aromatic carbocycles. The molecule has 0 radical (unpaired) electrons. The third kappa shape index (κ3) is 5.36. The van der Waals surface area contributed by atoms with Crippen LogP contribution in [0.5, 0.6) is 11.5 Å². The van der Waals surface area contributed by atoms with Gasteiger partial charge in [-0.1, -0.05) is 0 Å². The molecule has 0 bridgehead atoms. The predicted molar refractivity (Wildman–Crippen MR) is 87.6 cm³/mol. The maximum atomic E-state index is 12.1. The van der Waals surface area contributed by atoms with E-state index in [4.69, 9.17) is 13.9 Å². The van der Waals surface area contributed by atoms with E-state index < -0.39 is 0 Å². The van der Waals surface area contributed by atoms with Crippen molar-refractivity contribution in [2.24, 2.45) is 0 Å². The van der Waals surface area contributed by atoms with Gasteiger partial charge in [-0.3, -0.25) is 4.79 Å². The second kappa shape index (κ2) is 8.27. The number of hydrogen-bond donors (Lipinski definition) is 0. The summed E-state index contributed by atoms with van der Waals surface area (Å²) in [4.78, 5) is 13.7. The summed E-state index contributed by atoms with van der Waals surface area (Å²) in [6.45, 7) is 2.89. The summed E-state index contributed by atoms with van der Waals surface area (Å²) in [5.74, 6) is 3.30. The molecule has 2 rings (SSSR count). The van der Waals surface area contributed by atoms with Crippen LogP contribution in [0.25, 0.3) is 0 Å². The maximum absolute atomic E-state index is 12.1. The Bertz CT molecular complexity index is 618. The fourth-order valence-electron chi connectivity index (χ4n) is 2.17. The minimum Gasteiger partial charge on any atom is -0.497 e. The van der Waals surface area contributed by atoms with E-state index in [1.165, 1.54) is 0 Å². The number of benzene rings is 1. The summed E-state index contributed by atoms with van der Waals surface area (Å²) in [7, 11) is 3.41. The zero-order valence-corrected chi connectivity index (χ0v) is 13.9. The average Bonchev–Trinajstić information content (AvgIpc) is 2.96. The van der Waals surface area contributed by atoms with Gasteiger partial charge in [0.1, 0.15) is 23.0 Å². The van der Waals surface area contributed by atoms with Crippen LogP contribution in [-0.4, -0.2) is 31.6 Å². The monoisotopic (exact) mass is 317 g/mol. The van der Waals surface area contributed by atoms with Gasteiger partial charge in [-0.25, -0.2) is 0 Å². The van der Waals surface area contributed by atoms with Crippen molar-refractivity contribution >= 4 is 5.91 Å². The highest BCUT2D eigenvalue weighted by atomic mass is 16.5. The molecular weight excluding hydrogens is 294 g/mol. The highest BCUT2D eigenvalue weighted by Gasteiger charge is 2.11. The molecule has 1 heterocycles. The molecule has 5 heteroatoms. The number of methoxy groups -OCH3 is 1. The van der Waals surface area contributed by atoms with Gasteiger partial charge in [0, 0.05) is 13.5 Å². The summed E-state index contributed by atoms with van der Waals surface area (Å²) < 4.78 is 16.2. The van der Waals surface area contributed by atoms with Crippen LogP contribution in [0.2, 0.25) is 0 Å². The van der Waals surface area contributed by atoms with Gasteiger partial charge in [0.2, 0.25) is 5.91 Å². The molecule has 0 aliphatic carbocycles. The quantitative estimate of drug-likeness (QED) is 0.700. The molecule has 1 amide bonds. The molecule has 23 heavy (non-hydrogen) atoms. The predicted octanol–water partition coefficient (Wildman–Crippen LogP) is 3.41. The molecule has 0 fully saturated rings. The summed E-state index contributed by atoms with van der Waals surface area (Å²) in [6, 6.07) is 11.2. The van der Waals surface area contributed by atoms with E-state index in [1.54, 1.807) is 19.1 Å². The second-order valence-electron chi connectivity index (χ2n) is 5.39.